The van der Waals surface area contributed by atoms with Gasteiger partial charge in [0.25, 0.3) is 5.56 Å². The molecule has 0 aliphatic carbocycles. The molecular formula is C11H16N4OS. The Hall–Kier alpha value is -1.43. The molecule has 6 heteroatoms. The molecule has 2 rings (SSSR count). The van der Waals surface area contributed by atoms with Crippen LogP contribution in [0.3, 0.4) is 0 Å². The highest BCUT2D eigenvalue weighted by Crippen LogP contribution is 2.18. The summed E-state index contributed by atoms with van der Waals surface area (Å²) in [6.45, 7) is 6.07. The first-order valence-corrected chi connectivity index (χ1v) is 6.56. The summed E-state index contributed by atoms with van der Waals surface area (Å²) in [4.78, 5) is 16.6. The number of rotatable bonds is 4. The summed E-state index contributed by atoms with van der Waals surface area (Å²) in [5, 5.41) is 8.26. The first kappa shape index (κ1) is 12.0. The molecule has 5 nitrogen and oxygen atoms in total. The van der Waals surface area contributed by atoms with Crippen molar-refractivity contribution in [2.45, 2.75) is 39.7 Å². The Morgan fingerprint density at radius 3 is 3.06 bits per heavy atom. The minimum absolute atomic E-state index is 0.125. The number of nitrogens with one attached hydrogen (secondary N) is 1. The van der Waals surface area contributed by atoms with Gasteiger partial charge in [-0.3, -0.25) is 4.79 Å². The fraction of sp³-hybridized carbons (Fsp3) is 0.545. The van der Waals surface area contributed by atoms with Gasteiger partial charge in [0.05, 0.1) is 0 Å². The highest BCUT2D eigenvalue weighted by molar-refractivity contribution is 7.20. The van der Waals surface area contributed by atoms with Gasteiger partial charge in [-0.25, -0.2) is 4.98 Å². The minimum atomic E-state index is -0.125. The van der Waals surface area contributed by atoms with Crippen LogP contribution in [0.1, 0.15) is 32.4 Å². The Morgan fingerprint density at radius 2 is 2.35 bits per heavy atom. The third-order valence-electron chi connectivity index (χ3n) is 2.46. The zero-order chi connectivity index (χ0) is 12.4. The molecule has 0 aromatic carbocycles. The molecule has 17 heavy (non-hydrogen) atoms. The van der Waals surface area contributed by atoms with Crippen molar-refractivity contribution in [3.05, 3.63) is 22.1 Å². The molecule has 1 atom stereocenters. The molecule has 0 bridgehead atoms. The number of anilines is 1. The molecule has 0 amide bonds. The molecule has 0 aliphatic heterocycles. The normalized spacial score (nSPS) is 12.9. The Balaban J connectivity index is 2.32. The van der Waals surface area contributed by atoms with E-state index >= 15 is 0 Å². The van der Waals surface area contributed by atoms with Gasteiger partial charge in [0, 0.05) is 17.8 Å². The van der Waals surface area contributed by atoms with Gasteiger partial charge in [-0.15, -0.1) is 5.10 Å². The van der Waals surface area contributed by atoms with Crippen molar-refractivity contribution in [3.63, 3.8) is 0 Å². The van der Waals surface area contributed by atoms with Crippen LogP contribution in [0.25, 0.3) is 4.96 Å². The van der Waals surface area contributed by atoms with Crippen molar-refractivity contribution in [1.82, 2.24) is 14.6 Å². The number of fused-ring (bicyclic) bond motifs is 1. The van der Waals surface area contributed by atoms with Crippen molar-refractivity contribution in [2.75, 3.05) is 5.32 Å². The zero-order valence-corrected chi connectivity index (χ0v) is 11.0. The zero-order valence-electron chi connectivity index (χ0n) is 10.2. The van der Waals surface area contributed by atoms with Crippen LogP contribution >= 0.6 is 11.3 Å². The van der Waals surface area contributed by atoms with Crippen molar-refractivity contribution in [2.24, 2.45) is 0 Å². The van der Waals surface area contributed by atoms with Gasteiger partial charge in [0.2, 0.25) is 10.1 Å². The van der Waals surface area contributed by atoms with E-state index in [1.807, 2.05) is 6.92 Å². The van der Waals surface area contributed by atoms with Gasteiger partial charge in [-0.05, 0) is 20.3 Å². The van der Waals surface area contributed by atoms with Crippen LogP contribution in [0.4, 0.5) is 5.13 Å². The van der Waals surface area contributed by atoms with Crippen LogP contribution in [0.15, 0.2) is 10.9 Å². The minimum Gasteiger partial charge on any atom is -0.358 e. The van der Waals surface area contributed by atoms with Crippen LogP contribution in [0.5, 0.6) is 0 Å². The van der Waals surface area contributed by atoms with E-state index in [1.165, 1.54) is 21.9 Å². The first-order chi connectivity index (χ1) is 8.10. The number of aryl methyl sites for hydroxylation is 1. The number of hydrogen-bond donors (Lipinski definition) is 1. The van der Waals surface area contributed by atoms with Crippen LogP contribution < -0.4 is 10.9 Å². The van der Waals surface area contributed by atoms with Gasteiger partial charge in [-0.1, -0.05) is 24.7 Å². The van der Waals surface area contributed by atoms with Crippen molar-refractivity contribution in [3.8, 4) is 0 Å². The molecule has 1 unspecified atom stereocenters. The molecule has 0 saturated heterocycles. The SMILES string of the molecule is CCCC(C)Nc1nn2c(=O)cc(C)nc2s1. The average molecular weight is 252 g/mol. The second kappa shape index (κ2) is 4.83. The summed E-state index contributed by atoms with van der Waals surface area (Å²) in [5.74, 6) is 0. The monoisotopic (exact) mass is 252 g/mol. The molecule has 0 fully saturated rings. The van der Waals surface area contributed by atoms with E-state index in [0.29, 0.717) is 11.0 Å². The van der Waals surface area contributed by atoms with E-state index in [1.54, 1.807) is 0 Å². The van der Waals surface area contributed by atoms with Crippen molar-refractivity contribution in [1.29, 1.82) is 0 Å². The van der Waals surface area contributed by atoms with E-state index in [-0.39, 0.29) is 5.56 Å². The second-order valence-corrected chi connectivity index (χ2v) is 5.13. The highest BCUT2D eigenvalue weighted by Gasteiger charge is 2.09. The van der Waals surface area contributed by atoms with Crippen LogP contribution in [0.2, 0.25) is 0 Å². The van der Waals surface area contributed by atoms with Gasteiger partial charge < -0.3 is 5.32 Å². The van der Waals surface area contributed by atoms with Crippen molar-refractivity contribution >= 4 is 21.4 Å². The quantitative estimate of drug-likeness (QED) is 0.905. The lowest BCUT2D eigenvalue weighted by Gasteiger charge is -2.09. The van der Waals surface area contributed by atoms with Crippen molar-refractivity contribution < 1.29 is 0 Å². The Bertz CT molecular complexity index is 574. The maximum atomic E-state index is 11.7. The number of nitrogens with zero attached hydrogens (tertiary/aromatic N) is 3. The van der Waals surface area contributed by atoms with E-state index in [2.05, 4.69) is 29.2 Å². The number of hydrogen-bond acceptors (Lipinski definition) is 5. The summed E-state index contributed by atoms with van der Waals surface area (Å²) < 4.78 is 1.35. The summed E-state index contributed by atoms with van der Waals surface area (Å²) in [6, 6.07) is 1.85. The lowest BCUT2D eigenvalue weighted by molar-refractivity contribution is 0.687. The molecule has 1 N–H and O–H groups in total. The smallest absolute Gasteiger partial charge is 0.275 e. The summed E-state index contributed by atoms with van der Waals surface area (Å²) in [6.07, 6.45) is 2.20. The second-order valence-electron chi connectivity index (χ2n) is 4.17. The first-order valence-electron chi connectivity index (χ1n) is 5.74. The standard InChI is InChI=1S/C11H16N4OS/c1-4-5-7(2)12-10-14-15-9(16)6-8(3)13-11(15)17-10/h6-7H,4-5H2,1-3H3,(H,12,14). The third-order valence-corrected chi connectivity index (χ3v) is 3.30. The van der Waals surface area contributed by atoms with Gasteiger partial charge in [0.15, 0.2) is 0 Å². The van der Waals surface area contributed by atoms with Gasteiger partial charge in [0.1, 0.15) is 0 Å². The van der Waals surface area contributed by atoms with E-state index < -0.39 is 0 Å². The number of aromatic nitrogens is 3. The lowest BCUT2D eigenvalue weighted by Crippen LogP contribution is -2.17. The van der Waals surface area contributed by atoms with Crippen LogP contribution in [-0.2, 0) is 0 Å². The summed E-state index contributed by atoms with van der Waals surface area (Å²) >= 11 is 1.41. The Morgan fingerprint density at radius 1 is 1.59 bits per heavy atom. The maximum absolute atomic E-state index is 11.7. The summed E-state index contributed by atoms with van der Waals surface area (Å²) in [5.41, 5.74) is 0.603. The van der Waals surface area contributed by atoms with E-state index in [9.17, 15) is 4.79 Å². The Labute approximate surface area is 104 Å². The summed E-state index contributed by atoms with van der Waals surface area (Å²) in [7, 11) is 0. The predicted octanol–water partition coefficient (Wildman–Crippen LogP) is 2.06. The predicted molar refractivity (Wildman–Crippen MR) is 69.9 cm³/mol. The van der Waals surface area contributed by atoms with Gasteiger partial charge >= 0.3 is 0 Å². The molecule has 0 saturated carbocycles. The molecule has 0 spiro atoms. The third kappa shape index (κ3) is 2.63. The topological polar surface area (TPSA) is 59.3 Å². The molecule has 2 aromatic heterocycles. The maximum Gasteiger partial charge on any atom is 0.275 e. The Kier molecular flexibility index (Phi) is 3.42. The molecule has 92 valence electrons. The van der Waals surface area contributed by atoms with Gasteiger partial charge in [-0.2, -0.15) is 4.52 Å². The van der Waals surface area contributed by atoms with E-state index in [0.717, 1.165) is 23.7 Å². The van der Waals surface area contributed by atoms with E-state index in [4.69, 9.17) is 0 Å². The molecule has 0 aliphatic rings. The molecule has 2 heterocycles. The molecule has 2 aromatic rings. The van der Waals surface area contributed by atoms with Crippen LogP contribution in [0, 0.1) is 6.92 Å². The fourth-order valence-electron chi connectivity index (χ4n) is 1.69. The average Bonchev–Trinajstić information content (AvgIpc) is 2.60. The highest BCUT2D eigenvalue weighted by atomic mass is 32.1. The lowest BCUT2D eigenvalue weighted by atomic mass is 10.2. The molecular weight excluding hydrogens is 236 g/mol. The van der Waals surface area contributed by atoms with Crippen LogP contribution in [-0.4, -0.2) is 20.6 Å². The molecule has 0 radical (unpaired) electrons. The fourth-order valence-corrected chi connectivity index (χ4v) is 2.66. The largest absolute Gasteiger partial charge is 0.358 e.